The van der Waals surface area contributed by atoms with Gasteiger partial charge in [-0.1, -0.05) is 70.5 Å². The van der Waals surface area contributed by atoms with Gasteiger partial charge in [0, 0.05) is 10.0 Å². The Bertz CT molecular complexity index is 1390. The molecule has 5 rings (SSSR count). The van der Waals surface area contributed by atoms with E-state index in [1.807, 2.05) is 30.3 Å². The lowest BCUT2D eigenvalue weighted by Crippen LogP contribution is -2.29. The summed E-state index contributed by atoms with van der Waals surface area (Å²) in [6.45, 7) is 0.506. The lowest BCUT2D eigenvalue weighted by molar-refractivity contribution is -0.140. The van der Waals surface area contributed by atoms with E-state index >= 15 is 0 Å². The van der Waals surface area contributed by atoms with Crippen LogP contribution in [0.15, 0.2) is 112 Å². The second kappa shape index (κ2) is 10.3. The molecule has 1 aliphatic heterocycles. The van der Waals surface area contributed by atoms with Crippen molar-refractivity contribution in [3.8, 4) is 5.75 Å². The van der Waals surface area contributed by atoms with Gasteiger partial charge in [0.1, 0.15) is 23.9 Å². The van der Waals surface area contributed by atoms with Gasteiger partial charge < -0.3 is 19.2 Å². The Kier molecular flexibility index (Phi) is 6.73. The molecule has 36 heavy (non-hydrogen) atoms. The Labute approximate surface area is 216 Å². The van der Waals surface area contributed by atoms with Crippen LogP contribution in [0.4, 0.5) is 0 Å². The fourth-order valence-corrected chi connectivity index (χ4v) is 4.47. The average Bonchev–Trinajstić information content (AvgIpc) is 3.51. The highest BCUT2D eigenvalue weighted by atomic mass is 79.9. The molecule has 1 amide bonds. The van der Waals surface area contributed by atoms with E-state index in [9.17, 15) is 14.7 Å². The summed E-state index contributed by atoms with van der Waals surface area (Å²) >= 11 is 3.38. The number of rotatable bonds is 7. The van der Waals surface area contributed by atoms with E-state index in [-0.39, 0.29) is 17.9 Å². The maximum Gasteiger partial charge on any atom is 0.296 e. The minimum atomic E-state index is -0.790. The molecule has 4 aromatic rings. The number of furan rings is 1. The van der Waals surface area contributed by atoms with Crippen LogP contribution in [-0.4, -0.2) is 21.7 Å². The summed E-state index contributed by atoms with van der Waals surface area (Å²) in [6, 6.07) is 26.6. The van der Waals surface area contributed by atoms with Crippen molar-refractivity contribution in [1.82, 2.24) is 4.90 Å². The summed E-state index contributed by atoms with van der Waals surface area (Å²) < 4.78 is 12.2. The SMILES string of the molecule is O=C1C(=O)N(Cc2ccco2)C(c2ccc(OCc3ccccc3)cc2)/C1=C(\O)c1ccc(Br)cc1. The first kappa shape index (κ1) is 23.6. The zero-order chi connectivity index (χ0) is 25.1. The van der Waals surface area contributed by atoms with Crippen LogP contribution in [0.3, 0.4) is 0 Å². The van der Waals surface area contributed by atoms with Crippen molar-refractivity contribution in [1.29, 1.82) is 0 Å². The smallest absolute Gasteiger partial charge is 0.296 e. The summed E-state index contributed by atoms with van der Waals surface area (Å²) in [4.78, 5) is 27.7. The first-order chi connectivity index (χ1) is 17.5. The molecular weight excluding hydrogens is 522 g/mol. The molecule has 2 heterocycles. The zero-order valence-electron chi connectivity index (χ0n) is 19.1. The topological polar surface area (TPSA) is 80.0 Å². The fourth-order valence-electron chi connectivity index (χ4n) is 4.21. The summed E-state index contributed by atoms with van der Waals surface area (Å²) in [5, 5.41) is 11.2. The van der Waals surface area contributed by atoms with Crippen molar-refractivity contribution < 1.29 is 23.8 Å². The molecule has 0 bridgehead atoms. The number of benzene rings is 3. The first-order valence-electron chi connectivity index (χ1n) is 11.3. The predicted molar refractivity (Wildman–Crippen MR) is 138 cm³/mol. The molecule has 1 N–H and O–H groups in total. The Morgan fingerprint density at radius 3 is 2.31 bits per heavy atom. The van der Waals surface area contributed by atoms with Crippen LogP contribution in [0.5, 0.6) is 5.75 Å². The summed E-state index contributed by atoms with van der Waals surface area (Å²) in [6.07, 6.45) is 1.52. The van der Waals surface area contributed by atoms with E-state index in [1.165, 1.54) is 11.2 Å². The van der Waals surface area contributed by atoms with E-state index in [0.717, 1.165) is 10.0 Å². The number of hydrogen-bond acceptors (Lipinski definition) is 5. The van der Waals surface area contributed by atoms with Gasteiger partial charge in [-0.15, -0.1) is 0 Å². The number of ketones is 1. The van der Waals surface area contributed by atoms with Gasteiger partial charge in [-0.05, 0) is 47.5 Å². The number of nitrogens with zero attached hydrogens (tertiary/aromatic N) is 1. The van der Waals surface area contributed by atoms with Crippen molar-refractivity contribution in [2.24, 2.45) is 0 Å². The van der Waals surface area contributed by atoms with Crippen molar-refractivity contribution in [3.05, 3.63) is 130 Å². The number of Topliss-reactive ketones (excluding diaryl/α,β-unsaturated/α-hetero) is 1. The molecule has 0 aliphatic carbocycles. The standard InChI is InChI=1S/C29H22BrNO5/c30-22-12-8-21(9-13-22)27(32)25-26(31(29(34)28(25)33)17-24-7-4-16-35-24)20-10-14-23(15-11-20)36-18-19-5-2-1-3-6-19/h1-16,26,32H,17-18H2/b27-25+. The highest BCUT2D eigenvalue weighted by Gasteiger charge is 2.46. The molecule has 3 aromatic carbocycles. The minimum Gasteiger partial charge on any atom is -0.507 e. The molecule has 180 valence electrons. The van der Waals surface area contributed by atoms with Gasteiger partial charge in [0.15, 0.2) is 0 Å². The molecule has 7 heteroatoms. The lowest BCUT2D eigenvalue weighted by atomic mass is 9.95. The predicted octanol–water partition coefficient (Wildman–Crippen LogP) is 6.24. The van der Waals surface area contributed by atoms with Gasteiger partial charge >= 0.3 is 0 Å². The normalized spacial score (nSPS) is 16.9. The minimum absolute atomic E-state index is 0.0341. The van der Waals surface area contributed by atoms with Crippen molar-refractivity contribution in [2.45, 2.75) is 19.2 Å². The van der Waals surface area contributed by atoms with Crippen LogP contribution >= 0.6 is 15.9 Å². The van der Waals surface area contributed by atoms with Gasteiger partial charge in [0.2, 0.25) is 0 Å². The van der Waals surface area contributed by atoms with Crippen LogP contribution in [0.25, 0.3) is 5.76 Å². The number of hydrogen-bond donors (Lipinski definition) is 1. The molecule has 1 saturated heterocycles. The van der Waals surface area contributed by atoms with Gasteiger partial charge in [-0.25, -0.2) is 0 Å². The third-order valence-corrected chi connectivity index (χ3v) is 6.54. The highest BCUT2D eigenvalue weighted by Crippen LogP contribution is 2.40. The van der Waals surface area contributed by atoms with Gasteiger partial charge in [-0.3, -0.25) is 9.59 Å². The molecule has 0 spiro atoms. The zero-order valence-corrected chi connectivity index (χ0v) is 20.7. The maximum absolute atomic E-state index is 13.2. The number of halogens is 1. The molecule has 1 unspecified atom stereocenters. The average molecular weight is 544 g/mol. The van der Waals surface area contributed by atoms with E-state index in [0.29, 0.717) is 29.2 Å². The quantitative estimate of drug-likeness (QED) is 0.169. The monoisotopic (exact) mass is 543 g/mol. The van der Waals surface area contributed by atoms with Gasteiger partial charge in [0.25, 0.3) is 11.7 Å². The molecule has 0 saturated carbocycles. The number of amides is 1. The molecule has 1 aromatic heterocycles. The second-order valence-corrected chi connectivity index (χ2v) is 9.27. The molecule has 1 fully saturated rings. The molecule has 6 nitrogen and oxygen atoms in total. The lowest BCUT2D eigenvalue weighted by Gasteiger charge is -2.24. The molecular formula is C29H22BrNO5. The van der Waals surface area contributed by atoms with Gasteiger partial charge in [0.05, 0.1) is 24.4 Å². The summed E-state index contributed by atoms with van der Waals surface area (Å²) in [7, 11) is 0. The van der Waals surface area contributed by atoms with E-state index < -0.39 is 17.7 Å². The fraction of sp³-hybridized carbons (Fsp3) is 0.103. The number of likely N-dealkylation sites (tertiary alicyclic amines) is 1. The van der Waals surface area contributed by atoms with Crippen LogP contribution < -0.4 is 4.74 Å². The van der Waals surface area contributed by atoms with Crippen molar-refractivity contribution in [2.75, 3.05) is 0 Å². The number of aliphatic hydroxyl groups excluding tert-OH is 1. The van der Waals surface area contributed by atoms with Crippen LogP contribution in [0.1, 0.15) is 28.5 Å². The van der Waals surface area contributed by atoms with Crippen LogP contribution in [0.2, 0.25) is 0 Å². The number of ether oxygens (including phenoxy) is 1. The first-order valence-corrected chi connectivity index (χ1v) is 12.1. The number of aliphatic hydroxyl groups is 1. The van der Waals surface area contributed by atoms with E-state index in [4.69, 9.17) is 9.15 Å². The Morgan fingerprint density at radius 2 is 1.64 bits per heavy atom. The van der Waals surface area contributed by atoms with Crippen LogP contribution in [0, 0.1) is 0 Å². The molecule has 1 atom stereocenters. The Balaban J connectivity index is 1.50. The second-order valence-electron chi connectivity index (χ2n) is 8.36. The molecule has 0 radical (unpaired) electrons. The van der Waals surface area contributed by atoms with Gasteiger partial charge in [-0.2, -0.15) is 0 Å². The summed E-state index contributed by atoms with van der Waals surface area (Å²) in [5.41, 5.74) is 2.20. The number of carbonyl (C=O) groups is 2. The third kappa shape index (κ3) is 4.83. The Morgan fingerprint density at radius 1 is 0.917 bits per heavy atom. The number of carbonyl (C=O) groups excluding carboxylic acids is 2. The van der Waals surface area contributed by atoms with Crippen molar-refractivity contribution >= 4 is 33.4 Å². The maximum atomic E-state index is 13.2. The molecule has 1 aliphatic rings. The van der Waals surface area contributed by atoms with E-state index in [1.54, 1.807) is 60.7 Å². The van der Waals surface area contributed by atoms with Crippen molar-refractivity contribution in [3.63, 3.8) is 0 Å². The van der Waals surface area contributed by atoms with Crippen LogP contribution in [-0.2, 0) is 22.7 Å². The Hall–Kier alpha value is -4.10. The third-order valence-electron chi connectivity index (χ3n) is 6.01. The largest absolute Gasteiger partial charge is 0.507 e. The highest BCUT2D eigenvalue weighted by molar-refractivity contribution is 9.10. The summed E-state index contributed by atoms with van der Waals surface area (Å²) in [5.74, 6) is -0.472. The van der Waals surface area contributed by atoms with E-state index in [2.05, 4.69) is 15.9 Å².